The standard InChI is InChI=1S/C18H28N4O4/c1-12(2)16-19-15(26-20-16)9-21-7-13-8-22(14-3-5-25-6-4-14)11-18(13,10-21)17(23)24/h12-14H,3-11H2,1-2H3,(H,23,24)/t13-,18-/m0/s1. The first-order valence-corrected chi connectivity index (χ1v) is 9.58. The molecule has 3 fully saturated rings. The van der Waals surface area contributed by atoms with Crippen molar-refractivity contribution in [1.29, 1.82) is 0 Å². The van der Waals surface area contributed by atoms with Crippen LogP contribution in [0.3, 0.4) is 0 Å². The topological polar surface area (TPSA) is 91.9 Å². The second-order valence-corrected chi connectivity index (χ2v) is 8.30. The van der Waals surface area contributed by atoms with Crippen molar-refractivity contribution in [3.63, 3.8) is 0 Å². The molecule has 8 nitrogen and oxygen atoms in total. The molecular weight excluding hydrogens is 336 g/mol. The molecule has 2 atom stereocenters. The zero-order valence-electron chi connectivity index (χ0n) is 15.6. The molecule has 8 heteroatoms. The van der Waals surface area contributed by atoms with E-state index in [1.165, 1.54) is 0 Å². The number of hydrogen-bond donors (Lipinski definition) is 1. The van der Waals surface area contributed by atoms with Gasteiger partial charge in [-0.3, -0.25) is 14.6 Å². The average molecular weight is 364 g/mol. The summed E-state index contributed by atoms with van der Waals surface area (Å²) in [6.45, 7) is 8.96. The minimum atomic E-state index is -0.681. The van der Waals surface area contributed by atoms with Gasteiger partial charge in [0.1, 0.15) is 0 Å². The third kappa shape index (κ3) is 3.14. The molecule has 0 aromatic carbocycles. The molecule has 1 N–H and O–H groups in total. The molecule has 0 aliphatic carbocycles. The number of rotatable bonds is 5. The number of carbonyl (C=O) groups is 1. The first kappa shape index (κ1) is 17.9. The van der Waals surface area contributed by atoms with Crippen LogP contribution in [0.5, 0.6) is 0 Å². The third-order valence-corrected chi connectivity index (χ3v) is 6.20. The molecule has 0 unspecified atom stereocenters. The Labute approximate surface area is 153 Å². The van der Waals surface area contributed by atoms with Gasteiger partial charge in [0, 0.05) is 57.3 Å². The molecule has 0 spiro atoms. The fourth-order valence-electron chi connectivity index (χ4n) is 4.72. The second kappa shape index (κ2) is 6.90. The Bertz CT molecular complexity index is 657. The van der Waals surface area contributed by atoms with Gasteiger partial charge in [0.2, 0.25) is 5.89 Å². The Morgan fingerprint density at radius 2 is 2.08 bits per heavy atom. The molecule has 3 saturated heterocycles. The molecule has 4 rings (SSSR count). The van der Waals surface area contributed by atoms with Crippen molar-refractivity contribution in [3.8, 4) is 0 Å². The van der Waals surface area contributed by atoms with Crippen LogP contribution in [-0.2, 0) is 16.1 Å². The highest BCUT2D eigenvalue weighted by Crippen LogP contribution is 2.44. The van der Waals surface area contributed by atoms with Gasteiger partial charge in [-0.25, -0.2) is 0 Å². The molecule has 144 valence electrons. The van der Waals surface area contributed by atoms with Gasteiger partial charge in [0.05, 0.1) is 12.0 Å². The van der Waals surface area contributed by atoms with Crippen molar-refractivity contribution in [2.75, 3.05) is 39.4 Å². The van der Waals surface area contributed by atoms with E-state index in [-0.39, 0.29) is 11.8 Å². The van der Waals surface area contributed by atoms with E-state index in [0.29, 0.717) is 37.4 Å². The van der Waals surface area contributed by atoms with Gasteiger partial charge in [-0.2, -0.15) is 4.98 Å². The Balaban J connectivity index is 1.43. The first-order valence-electron chi connectivity index (χ1n) is 9.58. The highest BCUT2D eigenvalue weighted by atomic mass is 16.5. The van der Waals surface area contributed by atoms with Crippen LogP contribution in [0, 0.1) is 11.3 Å². The first-order chi connectivity index (χ1) is 12.5. The number of nitrogens with zero attached hydrogens (tertiary/aromatic N) is 4. The van der Waals surface area contributed by atoms with E-state index in [1.54, 1.807) is 0 Å². The van der Waals surface area contributed by atoms with Crippen LogP contribution < -0.4 is 0 Å². The maximum atomic E-state index is 12.2. The normalized spacial score (nSPS) is 31.0. The summed E-state index contributed by atoms with van der Waals surface area (Å²) in [5.74, 6) is 0.987. The number of carboxylic acid groups (broad SMARTS) is 1. The largest absolute Gasteiger partial charge is 0.481 e. The van der Waals surface area contributed by atoms with Crippen LogP contribution in [0.4, 0.5) is 0 Å². The molecule has 1 aromatic rings. The Morgan fingerprint density at radius 1 is 1.31 bits per heavy atom. The van der Waals surface area contributed by atoms with E-state index in [9.17, 15) is 9.90 Å². The van der Waals surface area contributed by atoms with Gasteiger partial charge in [-0.05, 0) is 12.8 Å². The van der Waals surface area contributed by atoms with Gasteiger partial charge in [-0.15, -0.1) is 0 Å². The number of aliphatic carboxylic acids is 1. The van der Waals surface area contributed by atoms with Crippen molar-refractivity contribution in [3.05, 3.63) is 11.7 Å². The molecule has 3 aliphatic heterocycles. The summed E-state index contributed by atoms with van der Waals surface area (Å²) < 4.78 is 10.8. The van der Waals surface area contributed by atoms with Crippen LogP contribution >= 0.6 is 0 Å². The van der Waals surface area contributed by atoms with Gasteiger partial charge >= 0.3 is 5.97 Å². The third-order valence-electron chi connectivity index (χ3n) is 6.20. The number of carboxylic acids is 1. The fourth-order valence-corrected chi connectivity index (χ4v) is 4.72. The molecule has 3 aliphatic rings. The van der Waals surface area contributed by atoms with Gasteiger partial charge < -0.3 is 14.4 Å². The van der Waals surface area contributed by atoms with Crippen molar-refractivity contribution in [2.45, 2.75) is 45.2 Å². The van der Waals surface area contributed by atoms with E-state index in [0.717, 1.165) is 39.1 Å². The SMILES string of the molecule is CC(C)c1noc(CN2C[C@H]3CN(C4CCOCC4)C[C@@]3(C(=O)O)C2)n1. The monoisotopic (exact) mass is 364 g/mol. The minimum Gasteiger partial charge on any atom is -0.481 e. The summed E-state index contributed by atoms with van der Waals surface area (Å²) in [5.41, 5.74) is -0.681. The van der Waals surface area contributed by atoms with Gasteiger partial charge in [0.15, 0.2) is 5.82 Å². The summed E-state index contributed by atoms with van der Waals surface area (Å²) >= 11 is 0. The van der Waals surface area contributed by atoms with Crippen molar-refractivity contribution in [1.82, 2.24) is 19.9 Å². The Kier molecular flexibility index (Phi) is 4.75. The minimum absolute atomic E-state index is 0.148. The molecule has 0 saturated carbocycles. The lowest BCUT2D eigenvalue weighted by Gasteiger charge is -2.33. The molecule has 0 amide bonds. The zero-order valence-corrected chi connectivity index (χ0v) is 15.6. The number of hydrogen-bond acceptors (Lipinski definition) is 7. The summed E-state index contributed by atoms with van der Waals surface area (Å²) in [6, 6.07) is 0.462. The quantitative estimate of drug-likeness (QED) is 0.833. The van der Waals surface area contributed by atoms with Crippen molar-refractivity contribution >= 4 is 5.97 Å². The molecular formula is C18H28N4O4. The average Bonchev–Trinajstić information content (AvgIpc) is 3.29. The maximum absolute atomic E-state index is 12.2. The smallest absolute Gasteiger partial charge is 0.312 e. The molecule has 26 heavy (non-hydrogen) atoms. The number of likely N-dealkylation sites (tertiary alicyclic amines) is 2. The van der Waals surface area contributed by atoms with E-state index in [4.69, 9.17) is 9.26 Å². The van der Waals surface area contributed by atoms with Gasteiger partial charge in [0.25, 0.3) is 0 Å². The van der Waals surface area contributed by atoms with Crippen LogP contribution in [0.25, 0.3) is 0 Å². The Morgan fingerprint density at radius 3 is 2.69 bits per heavy atom. The number of aromatic nitrogens is 2. The summed E-state index contributed by atoms with van der Waals surface area (Å²) in [6.07, 6.45) is 2.01. The predicted molar refractivity (Wildman–Crippen MR) is 92.6 cm³/mol. The summed E-state index contributed by atoms with van der Waals surface area (Å²) in [4.78, 5) is 21.2. The predicted octanol–water partition coefficient (Wildman–Crippen LogP) is 1.19. The number of ether oxygens (including phenoxy) is 1. The lowest BCUT2D eigenvalue weighted by molar-refractivity contribution is -0.149. The number of fused-ring (bicyclic) bond motifs is 1. The Hall–Kier alpha value is -1.51. The highest BCUT2D eigenvalue weighted by Gasteiger charge is 2.58. The van der Waals surface area contributed by atoms with Crippen molar-refractivity contribution in [2.24, 2.45) is 11.3 Å². The van der Waals surface area contributed by atoms with Crippen LogP contribution in [0.2, 0.25) is 0 Å². The lowest BCUT2D eigenvalue weighted by Crippen LogP contribution is -2.44. The van der Waals surface area contributed by atoms with Crippen molar-refractivity contribution < 1.29 is 19.2 Å². The second-order valence-electron chi connectivity index (χ2n) is 8.30. The maximum Gasteiger partial charge on any atom is 0.312 e. The zero-order chi connectivity index (χ0) is 18.3. The van der Waals surface area contributed by atoms with E-state index in [1.807, 2.05) is 13.8 Å². The lowest BCUT2D eigenvalue weighted by atomic mass is 9.81. The van der Waals surface area contributed by atoms with E-state index >= 15 is 0 Å². The molecule has 4 heterocycles. The molecule has 1 aromatic heterocycles. The van der Waals surface area contributed by atoms with Crippen LogP contribution in [-0.4, -0.2) is 76.5 Å². The summed E-state index contributed by atoms with van der Waals surface area (Å²) in [5, 5.41) is 14.0. The van der Waals surface area contributed by atoms with Crippen LogP contribution in [0.15, 0.2) is 4.52 Å². The highest BCUT2D eigenvalue weighted by molar-refractivity contribution is 5.77. The van der Waals surface area contributed by atoms with Crippen LogP contribution in [0.1, 0.15) is 44.3 Å². The molecule has 0 bridgehead atoms. The fraction of sp³-hybridized carbons (Fsp3) is 0.833. The van der Waals surface area contributed by atoms with Gasteiger partial charge in [-0.1, -0.05) is 19.0 Å². The van der Waals surface area contributed by atoms with E-state index in [2.05, 4.69) is 19.9 Å². The summed E-state index contributed by atoms with van der Waals surface area (Å²) in [7, 11) is 0. The molecule has 0 radical (unpaired) electrons. The van der Waals surface area contributed by atoms with E-state index < -0.39 is 11.4 Å².